The van der Waals surface area contributed by atoms with Crippen LogP contribution in [0.25, 0.3) is 5.69 Å². The van der Waals surface area contributed by atoms with Gasteiger partial charge in [-0.05, 0) is 61.3 Å². The molecule has 0 unspecified atom stereocenters. The highest BCUT2D eigenvalue weighted by Gasteiger charge is 2.13. The maximum atomic E-state index is 5.69. The fourth-order valence-electron chi connectivity index (χ4n) is 2.13. The molecule has 1 aromatic heterocycles. The Hall–Kier alpha value is -1.13. The second-order valence-corrected chi connectivity index (χ2v) is 5.36. The normalized spacial score (nSPS) is 10.9. The fourth-order valence-corrected chi connectivity index (χ4v) is 2.38. The molecule has 0 saturated carbocycles. The molecule has 0 fully saturated rings. The molecule has 0 radical (unpaired) electrons. The molecule has 1 aromatic carbocycles. The van der Waals surface area contributed by atoms with E-state index in [0.29, 0.717) is 6.54 Å². The van der Waals surface area contributed by atoms with Crippen LogP contribution in [0.15, 0.2) is 22.7 Å². The summed E-state index contributed by atoms with van der Waals surface area (Å²) in [5, 5.41) is 4.58. The van der Waals surface area contributed by atoms with Gasteiger partial charge in [0.25, 0.3) is 0 Å². The van der Waals surface area contributed by atoms with E-state index in [1.54, 1.807) is 0 Å². The van der Waals surface area contributed by atoms with E-state index in [1.165, 1.54) is 11.1 Å². The summed E-state index contributed by atoms with van der Waals surface area (Å²) in [4.78, 5) is 0. The average molecular weight is 308 g/mol. The highest BCUT2D eigenvalue weighted by molar-refractivity contribution is 9.10. The molecule has 3 nitrogen and oxygen atoms in total. The third kappa shape index (κ3) is 2.35. The Balaban J connectivity index is 2.59. The fraction of sp³-hybridized carbons (Fsp3) is 0.357. The number of nitrogens with zero attached hydrogens (tertiary/aromatic N) is 2. The summed E-state index contributed by atoms with van der Waals surface area (Å²) in [7, 11) is 0. The maximum Gasteiger partial charge on any atom is 0.0743 e. The highest BCUT2D eigenvalue weighted by Crippen LogP contribution is 2.25. The Bertz CT molecular complexity index is 573. The molecular weight excluding hydrogens is 290 g/mol. The number of rotatable bonds is 3. The molecule has 0 bridgehead atoms. The van der Waals surface area contributed by atoms with Crippen LogP contribution in [-0.2, 0) is 6.42 Å². The molecule has 0 spiro atoms. The van der Waals surface area contributed by atoms with Gasteiger partial charge >= 0.3 is 0 Å². The summed E-state index contributed by atoms with van der Waals surface area (Å²) < 4.78 is 3.06. The van der Waals surface area contributed by atoms with Gasteiger partial charge < -0.3 is 5.73 Å². The van der Waals surface area contributed by atoms with Gasteiger partial charge in [0, 0.05) is 0 Å². The van der Waals surface area contributed by atoms with Gasteiger partial charge in [-0.15, -0.1) is 0 Å². The summed E-state index contributed by atoms with van der Waals surface area (Å²) in [5.74, 6) is 0. The van der Waals surface area contributed by atoms with Crippen LogP contribution in [0, 0.1) is 20.8 Å². The molecule has 18 heavy (non-hydrogen) atoms. The topological polar surface area (TPSA) is 43.8 Å². The van der Waals surface area contributed by atoms with Crippen LogP contribution in [-0.4, -0.2) is 16.3 Å². The van der Waals surface area contributed by atoms with Gasteiger partial charge in [-0.3, -0.25) is 0 Å². The Morgan fingerprint density at radius 1 is 1.28 bits per heavy atom. The van der Waals surface area contributed by atoms with Crippen LogP contribution in [0.3, 0.4) is 0 Å². The van der Waals surface area contributed by atoms with Crippen molar-refractivity contribution in [2.24, 2.45) is 5.73 Å². The van der Waals surface area contributed by atoms with Crippen molar-refractivity contribution in [1.82, 2.24) is 9.78 Å². The molecule has 0 aliphatic rings. The van der Waals surface area contributed by atoms with E-state index >= 15 is 0 Å². The quantitative estimate of drug-likeness (QED) is 0.947. The molecule has 0 aliphatic carbocycles. The standard InChI is InChI=1S/C14H18BrN3/c1-9-4-5-13(12(8-9)6-7-16)18-11(3)14(15)10(2)17-18/h4-5,8H,6-7,16H2,1-3H3. The van der Waals surface area contributed by atoms with Gasteiger partial charge in [0.2, 0.25) is 0 Å². The average Bonchev–Trinajstić information content (AvgIpc) is 2.58. The maximum absolute atomic E-state index is 5.69. The Morgan fingerprint density at radius 3 is 2.56 bits per heavy atom. The summed E-state index contributed by atoms with van der Waals surface area (Å²) in [6, 6.07) is 6.42. The Morgan fingerprint density at radius 2 is 2.00 bits per heavy atom. The number of hydrogen-bond acceptors (Lipinski definition) is 2. The minimum atomic E-state index is 0.650. The minimum absolute atomic E-state index is 0.650. The Kier molecular flexibility index (Phi) is 3.88. The molecule has 0 aliphatic heterocycles. The molecule has 4 heteroatoms. The zero-order chi connectivity index (χ0) is 13.3. The Labute approximate surface area is 116 Å². The zero-order valence-electron chi connectivity index (χ0n) is 11.0. The molecule has 96 valence electrons. The van der Waals surface area contributed by atoms with Crippen LogP contribution in [0.5, 0.6) is 0 Å². The van der Waals surface area contributed by atoms with E-state index in [9.17, 15) is 0 Å². The first-order valence-electron chi connectivity index (χ1n) is 6.06. The van der Waals surface area contributed by atoms with Gasteiger partial charge in [-0.25, -0.2) is 4.68 Å². The number of nitrogens with two attached hydrogens (primary N) is 1. The lowest BCUT2D eigenvalue weighted by Crippen LogP contribution is -2.09. The van der Waals surface area contributed by atoms with Gasteiger partial charge in [0.1, 0.15) is 0 Å². The number of hydrogen-bond donors (Lipinski definition) is 1. The van der Waals surface area contributed by atoms with E-state index in [4.69, 9.17) is 5.73 Å². The predicted octanol–water partition coefficient (Wildman–Crippen LogP) is 3.06. The van der Waals surface area contributed by atoms with E-state index in [2.05, 4.69) is 53.1 Å². The van der Waals surface area contributed by atoms with Crippen molar-refractivity contribution in [3.8, 4) is 5.69 Å². The van der Waals surface area contributed by atoms with Crippen molar-refractivity contribution < 1.29 is 0 Å². The van der Waals surface area contributed by atoms with Crippen LogP contribution in [0.1, 0.15) is 22.5 Å². The molecular formula is C14H18BrN3. The van der Waals surface area contributed by atoms with Crippen molar-refractivity contribution >= 4 is 15.9 Å². The molecule has 0 atom stereocenters. The van der Waals surface area contributed by atoms with Crippen LogP contribution < -0.4 is 5.73 Å². The summed E-state index contributed by atoms with van der Waals surface area (Å²) >= 11 is 3.57. The second kappa shape index (κ2) is 5.24. The molecule has 2 N–H and O–H groups in total. The first-order chi connectivity index (χ1) is 8.54. The van der Waals surface area contributed by atoms with Crippen LogP contribution in [0.4, 0.5) is 0 Å². The number of aromatic nitrogens is 2. The monoisotopic (exact) mass is 307 g/mol. The van der Waals surface area contributed by atoms with Crippen molar-refractivity contribution in [1.29, 1.82) is 0 Å². The van der Waals surface area contributed by atoms with E-state index in [-0.39, 0.29) is 0 Å². The smallest absolute Gasteiger partial charge is 0.0743 e. The van der Waals surface area contributed by atoms with Crippen molar-refractivity contribution in [3.63, 3.8) is 0 Å². The van der Waals surface area contributed by atoms with Crippen LogP contribution >= 0.6 is 15.9 Å². The zero-order valence-corrected chi connectivity index (χ0v) is 12.6. The molecule has 2 rings (SSSR count). The van der Waals surface area contributed by atoms with Crippen LogP contribution in [0.2, 0.25) is 0 Å². The van der Waals surface area contributed by atoms with Crippen molar-refractivity contribution in [2.75, 3.05) is 6.54 Å². The first kappa shape index (κ1) is 13.3. The van der Waals surface area contributed by atoms with E-state index in [0.717, 1.165) is 28.0 Å². The number of halogens is 1. The van der Waals surface area contributed by atoms with Crippen molar-refractivity contribution in [3.05, 3.63) is 45.2 Å². The number of aryl methyl sites for hydroxylation is 2. The minimum Gasteiger partial charge on any atom is -0.330 e. The van der Waals surface area contributed by atoms with E-state index < -0.39 is 0 Å². The lowest BCUT2D eigenvalue weighted by Gasteiger charge is -2.11. The molecule has 0 saturated heterocycles. The van der Waals surface area contributed by atoms with Crippen molar-refractivity contribution in [2.45, 2.75) is 27.2 Å². The first-order valence-corrected chi connectivity index (χ1v) is 6.85. The third-order valence-corrected chi connectivity index (χ3v) is 4.23. The van der Waals surface area contributed by atoms with E-state index in [1.807, 2.05) is 11.6 Å². The largest absolute Gasteiger partial charge is 0.330 e. The lowest BCUT2D eigenvalue weighted by atomic mass is 10.1. The molecule has 2 aromatic rings. The van der Waals surface area contributed by atoms with Gasteiger partial charge in [0.15, 0.2) is 0 Å². The van der Waals surface area contributed by atoms with Gasteiger partial charge in [0.05, 0.1) is 21.5 Å². The SMILES string of the molecule is Cc1ccc(-n2nc(C)c(Br)c2C)c(CCN)c1. The summed E-state index contributed by atoms with van der Waals surface area (Å²) in [6.07, 6.45) is 0.868. The van der Waals surface area contributed by atoms with Gasteiger partial charge in [-0.2, -0.15) is 5.10 Å². The number of benzene rings is 1. The second-order valence-electron chi connectivity index (χ2n) is 4.57. The molecule has 1 heterocycles. The third-order valence-electron chi connectivity index (χ3n) is 3.08. The summed E-state index contributed by atoms with van der Waals surface area (Å²) in [5.41, 5.74) is 11.4. The lowest BCUT2D eigenvalue weighted by molar-refractivity contribution is 0.812. The summed E-state index contributed by atoms with van der Waals surface area (Å²) in [6.45, 7) is 6.82. The highest BCUT2D eigenvalue weighted by atomic mass is 79.9. The molecule has 0 amide bonds. The predicted molar refractivity (Wildman–Crippen MR) is 78.2 cm³/mol. The van der Waals surface area contributed by atoms with Gasteiger partial charge in [-0.1, -0.05) is 17.7 Å².